The Labute approximate surface area is 152 Å². The maximum absolute atomic E-state index is 12.4. The van der Waals surface area contributed by atoms with Gasteiger partial charge in [0, 0.05) is 4.90 Å². The first kappa shape index (κ1) is 17.1. The van der Waals surface area contributed by atoms with Crippen LogP contribution in [0.25, 0.3) is 10.8 Å². The van der Waals surface area contributed by atoms with Crippen LogP contribution in [-0.2, 0) is 11.3 Å². The zero-order valence-electron chi connectivity index (χ0n) is 13.8. The number of carbonyl (C=O) groups is 1. The maximum Gasteiger partial charge on any atom is 0.420 e. The molecule has 4 heteroatoms. The molecule has 0 heterocycles. The number of carbonyl (C=O) groups excluding carboxylic acids is 1. The molecule has 0 saturated carbocycles. The Kier molecular flexibility index (Phi) is 5.75. The third-order valence-electron chi connectivity index (χ3n) is 3.64. The minimum absolute atomic E-state index is 0.256. The van der Waals surface area contributed by atoms with E-state index in [9.17, 15) is 4.79 Å². The molecule has 1 amide bonds. The average molecular weight is 349 g/mol. The number of ether oxygens (including phenoxy) is 1. The molecule has 25 heavy (non-hydrogen) atoms. The first-order valence-corrected chi connectivity index (χ1v) is 8.79. The van der Waals surface area contributed by atoms with Crippen LogP contribution in [-0.4, -0.2) is 16.9 Å². The quantitative estimate of drug-likeness (QED) is 0.424. The van der Waals surface area contributed by atoms with Gasteiger partial charge in [-0.2, -0.15) is 0 Å². The van der Waals surface area contributed by atoms with Crippen LogP contribution in [0.3, 0.4) is 0 Å². The second-order valence-corrected chi connectivity index (χ2v) is 6.58. The van der Waals surface area contributed by atoms with Crippen molar-refractivity contribution in [1.82, 2.24) is 4.31 Å². The number of amides is 1. The molecule has 126 valence electrons. The summed E-state index contributed by atoms with van der Waals surface area (Å²) in [4.78, 5) is 13.4. The number of benzene rings is 3. The molecule has 0 aliphatic heterocycles. The lowest BCUT2D eigenvalue weighted by atomic mass is 10.1. The van der Waals surface area contributed by atoms with Crippen molar-refractivity contribution in [3.05, 3.63) is 91.0 Å². The number of hydrogen-bond acceptors (Lipinski definition) is 3. The second-order valence-electron chi connectivity index (χ2n) is 5.49. The van der Waals surface area contributed by atoms with E-state index in [4.69, 9.17) is 4.74 Å². The van der Waals surface area contributed by atoms with Crippen LogP contribution in [0.1, 0.15) is 5.56 Å². The van der Waals surface area contributed by atoms with E-state index in [2.05, 4.69) is 30.8 Å². The molecule has 0 spiro atoms. The van der Waals surface area contributed by atoms with E-state index in [0.717, 1.165) is 15.8 Å². The first-order chi connectivity index (χ1) is 12.3. The van der Waals surface area contributed by atoms with E-state index >= 15 is 0 Å². The lowest BCUT2D eigenvalue weighted by molar-refractivity contribution is 0.124. The van der Waals surface area contributed by atoms with Crippen LogP contribution in [0.15, 0.2) is 90.3 Å². The van der Waals surface area contributed by atoms with Gasteiger partial charge in [0.2, 0.25) is 0 Å². The average Bonchev–Trinajstić information content (AvgIpc) is 2.66. The van der Waals surface area contributed by atoms with E-state index in [1.807, 2.05) is 48.5 Å². The van der Waals surface area contributed by atoms with E-state index in [-0.39, 0.29) is 12.7 Å². The van der Waals surface area contributed by atoms with Crippen molar-refractivity contribution in [2.45, 2.75) is 11.5 Å². The number of fused-ring (bicyclic) bond motifs is 1. The molecule has 0 unspecified atom stereocenters. The van der Waals surface area contributed by atoms with E-state index in [1.54, 1.807) is 10.4 Å². The second kappa shape index (κ2) is 8.40. The van der Waals surface area contributed by atoms with Crippen LogP contribution < -0.4 is 0 Å². The van der Waals surface area contributed by atoms with Crippen LogP contribution in [0.2, 0.25) is 0 Å². The van der Waals surface area contributed by atoms with Crippen molar-refractivity contribution in [3.63, 3.8) is 0 Å². The molecule has 0 aliphatic carbocycles. The minimum Gasteiger partial charge on any atom is -0.444 e. The Morgan fingerprint density at radius 1 is 1.00 bits per heavy atom. The molecule has 3 rings (SSSR count). The minimum atomic E-state index is -0.373. The molecule has 0 bridgehead atoms. The van der Waals surface area contributed by atoms with Gasteiger partial charge in [-0.1, -0.05) is 66.7 Å². The molecule has 3 aromatic carbocycles. The zero-order chi connectivity index (χ0) is 17.5. The van der Waals surface area contributed by atoms with Crippen molar-refractivity contribution in [2.75, 3.05) is 6.54 Å². The zero-order valence-corrected chi connectivity index (χ0v) is 14.6. The molecule has 0 N–H and O–H groups in total. The molecule has 0 atom stereocenters. The Balaban J connectivity index is 1.68. The highest BCUT2D eigenvalue weighted by Crippen LogP contribution is 2.27. The molecule has 3 aromatic rings. The van der Waals surface area contributed by atoms with Gasteiger partial charge in [0.25, 0.3) is 0 Å². The van der Waals surface area contributed by atoms with Crippen molar-refractivity contribution in [3.8, 4) is 0 Å². The van der Waals surface area contributed by atoms with Gasteiger partial charge in [-0.25, -0.2) is 9.10 Å². The third kappa shape index (κ3) is 4.64. The Hall–Kier alpha value is -2.72. The van der Waals surface area contributed by atoms with Crippen molar-refractivity contribution >= 4 is 28.8 Å². The summed E-state index contributed by atoms with van der Waals surface area (Å²) < 4.78 is 6.99. The SMILES string of the molecule is C=CCN(Sc1ccc2ccccc2c1)C(=O)OCc1ccccc1. The summed E-state index contributed by atoms with van der Waals surface area (Å²) in [6.45, 7) is 4.39. The normalized spacial score (nSPS) is 10.4. The number of hydrogen-bond donors (Lipinski definition) is 0. The Bertz CT molecular complexity index is 864. The number of rotatable bonds is 6. The van der Waals surface area contributed by atoms with Crippen molar-refractivity contribution in [2.24, 2.45) is 0 Å². The molecule has 3 nitrogen and oxygen atoms in total. The molecular formula is C21H19NO2S. The van der Waals surface area contributed by atoms with Gasteiger partial charge in [0.1, 0.15) is 6.61 Å². The number of nitrogens with zero attached hydrogens (tertiary/aromatic N) is 1. The largest absolute Gasteiger partial charge is 0.444 e. The fourth-order valence-corrected chi connectivity index (χ4v) is 3.28. The highest BCUT2D eigenvalue weighted by Gasteiger charge is 2.16. The van der Waals surface area contributed by atoms with Gasteiger partial charge in [-0.05, 0) is 40.4 Å². The lowest BCUT2D eigenvalue weighted by Crippen LogP contribution is -2.25. The highest BCUT2D eigenvalue weighted by molar-refractivity contribution is 7.97. The van der Waals surface area contributed by atoms with Crippen LogP contribution in [0.4, 0.5) is 4.79 Å². The summed E-state index contributed by atoms with van der Waals surface area (Å²) in [6.07, 6.45) is 1.32. The summed E-state index contributed by atoms with van der Waals surface area (Å²) in [5.41, 5.74) is 0.963. The van der Waals surface area contributed by atoms with Crippen LogP contribution >= 0.6 is 11.9 Å². The molecule has 0 fully saturated rings. The summed E-state index contributed by atoms with van der Waals surface area (Å²) in [5, 5.41) is 2.32. The predicted molar refractivity (Wildman–Crippen MR) is 103 cm³/mol. The third-order valence-corrected chi connectivity index (χ3v) is 4.62. The molecule has 0 radical (unpaired) electrons. The van der Waals surface area contributed by atoms with Gasteiger partial charge >= 0.3 is 6.09 Å². The van der Waals surface area contributed by atoms with Gasteiger partial charge < -0.3 is 4.74 Å². The topological polar surface area (TPSA) is 29.5 Å². The molecule has 0 saturated heterocycles. The van der Waals surface area contributed by atoms with Crippen LogP contribution in [0, 0.1) is 0 Å². The summed E-state index contributed by atoms with van der Waals surface area (Å²) in [6, 6.07) is 23.9. The van der Waals surface area contributed by atoms with E-state index < -0.39 is 0 Å². The highest BCUT2D eigenvalue weighted by atomic mass is 32.2. The summed E-state index contributed by atoms with van der Waals surface area (Å²) >= 11 is 1.36. The smallest absolute Gasteiger partial charge is 0.420 e. The van der Waals surface area contributed by atoms with Crippen molar-refractivity contribution in [1.29, 1.82) is 0 Å². The fraction of sp³-hybridized carbons (Fsp3) is 0.0952. The lowest BCUT2D eigenvalue weighted by Gasteiger charge is -2.19. The van der Waals surface area contributed by atoms with Crippen LogP contribution in [0.5, 0.6) is 0 Å². The van der Waals surface area contributed by atoms with Gasteiger partial charge in [0.05, 0.1) is 6.54 Å². The van der Waals surface area contributed by atoms with Crippen molar-refractivity contribution < 1.29 is 9.53 Å². The monoisotopic (exact) mass is 349 g/mol. The Morgan fingerprint density at radius 3 is 2.48 bits per heavy atom. The van der Waals surface area contributed by atoms with Gasteiger partial charge in [-0.15, -0.1) is 6.58 Å². The summed E-state index contributed by atoms with van der Waals surface area (Å²) in [7, 11) is 0. The maximum atomic E-state index is 12.4. The van der Waals surface area contributed by atoms with E-state index in [1.165, 1.54) is 17.3 Å². The standard InChI is InChI=1S/C21H19NO2S/c1-2-14-22(21(23)24-16-17-8-4-3-5-9-17)25-20-13-12-18-10-6-7-11-19(18)15-20/h2-13,15H,1,14,16H2. The fourth-order valence-electron chi connectivity index (χ4n) is 2.41. The van der Waals surface area contributed by atoms with E-state index in [0.29, 0.717) is 6.54 Å². The predicted octanol–water partition coefficient (Wildman–Crippen LogP) is 5.67. The summed E-state index contributed by atoms with van der Waals surface area (Å²) in [5.74, 6) is 0. The van der Waals surface area contributed by atoms with Gasteiger partial charge in [0.15, 0.2) is 0 Å². The molecule has 0 aliphatic rings. The molecule has 0 aromatic heterocycles. The first-order valence-electron chi connectivity index (χ1n) is 8.02. The van der Waals surface area contributed by atoms with Gasteiger partial charge in [-0.3, -0.25) is 0 Å². The Morgan fingerprint density at radius 2 is 1.72 bits per heavy atom. The molecular weight excluding hydrogens is 330 g/mol.